The van der Waals surface area contributed by atoms with E-state index in [9.17, 15) is 4.79 Å². The van der Waals surface area contributed by atoms with Gasteiger partial charge in [0.15, 0.2) is 0 Å². The van der Waals surface area contributed by atoms with Crippen LogP contribution in [0.1, 0.15) is 0 Å². The molecular weight excluding hydrogens is 138 g/mol. The van der Waals surface area contributed by atoms with Crippen molar-refractivity contribution in [2.45, 2.75) is 18.2 Å². The summed E-state index contributed by atoms with van der Waals surface area (Å²) >= 11 is 0. The molecule has 0 bridgehead atoms. The van der Waals surface area contributed by atoms with Crippen LogP contribution in [-0.2, 0) is 4.79 Å². The van der Waals surface area contributed by atoms with Gasteiger partial charge in [-0.1, -0.05) is 0 Å². The number of aliphatic hydroxyl groups excluding tert-OH is 2. The summed E-state index contributed by atoms with van der Waals surface area (Å²) in [6.07, 6.45) is -2.28. The van der Waals surface area contributed by atoms with E-state index in [2.05, 4.69) is 0 Å². The lowest BCUT2D eigenvalue weighted by molar-refractivity contribution is -0.171. The maximum Gasteiger partial charge on any atom is 0.310 e. The van der Waals surface area contributed by atoms with Gasteiger partial charge in [0.25, 0.3) is 0 Å². The molecule has 5 nitrogen and oxygen atoms in total. The van der Waals surface area contributed by atoms with Crippen molar-refractivity contribution in [2.75, 3.05) is 0 Å². The largest absolute Gasteiger partial charge is 0.481 e. The third-order valence-corrected chi connectivity index (χ3v) is 1.81. The molecule has 4 unspecified atom stereocenters. The number of carbonyl (C=O) groups is 1. The molecule has 0 aromatic heterocycles. The Morgan fingerprint density at radius 3 is 2.00 bits per heavy atom. The first kappa shape index (κ1) is 7.46. The predicted octanol–water partition coefficient (Wildman–Crippen LogP) is -2.25. The molecule has 0 amide bonds. The Labute approximate surface area is 57.1 Å². The van der Waals surface area contributed by atoms with Crippen molar-refractivity contribution in [3.63, 3.8) is 0 Å². The molecule has 1 saturated carbocycles. The monoisotopic (exact) mass is 147 g/mol. The van der Waals surface area contributed by atoms with Crippen LogP contribution in [0.25, 0.3) is 0 Å². The fourth-order valence-electron chi connectivity index (χ4n) is 1.05. The molecule has 5 N–H and O–H groups in total. The average Bonchev–Trinajstić information content (AvgIpc) is 1.87. The highest BCUT2D eigenvalue weighted by atomic mass is 16.4. The maximum absolute atomic E-state index is 10.2. The SMILES string of the molecule is NC1C(O)C(O)C1C(=O)O. The van der Waals surface area contributed by atoms with Crippen molar-refractivity contribution < 1.29 is 20.1 Å². The van der Waals surface area contributed by atoms with E-state index in [4.69, 9.17) is 21.1 Å². The minimum Gasteiger partial charge on any atom is -0.481 e. The Hall–Kier alpha value is -0.650. The number of rotatable bonds is 1. The molecule has 0 heterocycles. The fraction of sp³-hybridized carbons (Fsp3) is 0.800. The average molecular weight is 147 g/mol. The van der Waals surface area contributed by atoms with E-state index < -0.39 is 30.1 Å². The molecule has 0 saturated heterocycles. The topological polar surface area (TPSA) is 104 Å². The lowest BCUT2D eigenvalue weighted by atomic mass is 9.74. The molecule has 58 valence electrons. The molecule has 0 spiro atoms. The first-order chi connectivity index (χ1) is 4.55. The molecule has 1 aliphatic rings. The van der Waals surface area contributed by atoms with Crippen molar-refractivity contribution in [2.24, 2.45) is 11.7 Å². The van der Waals surface area contributed by atoms with E-state index in [0.717, 1.165) is 0 Å². The third kappa shape index (κ3) is 0.792. The summed E-state index contributed by atoms with van der Waals surface area (Å²) in [5, 5.41) is 25.9. The quantitative estimate of drug-likeness (QED) is 0.335. The van der Waals surface area contributed by atoms with Crippen LogP contribution in [0, 0.1) is 5.92 Å². The van der Waals surface area contributed by atoms with Crippen LogP contribution in [0.4, 0.5) is 0 Å². The number of aliphatic hydroxyl groups is 2. The van der Waals surface area contributed by atoms with Crippen molar-refractivity contribution in [3.05, 3.63) is 0 Å². The van der Waals surface area contributed by atoms with Gasteiger partial charge in [0.2, 0.25) is 0 Å². The number of nitrogens with two attached hydrogens (primary N) is 1. The molecule has 0 aromatic carbocycles. The van der Waals surface area contributed by atoms with Crippen molar-refractivity contribution >= 4 is 5.97 Å². The highest BCUT2D eigenvalue weighted by molar-refractivity contribution is 5.73. The molecule has 1 rings (SSSR count). The number of carboxylic acid groups (broad SMARTS) is 1. The van der Waals surface area contributed by atoms with Gasteiger partial charge in [0.1, 0.15) is 5.92 Å². The fourth-order valence-corrected chi connectivity index (χ4v) is 1.05. The minimum atomic E-state index is -1.20. The van der Waals surface area contributed by atoms with Gasteiger partial charge in [0.05, 0.1) is 12.2 Å². The lowest BCUT2D eigenvalue weighted by Crippen LogP contribution is -2.66. The molecule has 1 aliphatic carbocycles. The van der Waals surface area contributed by atoms with Crippen molar-refractivity contribution in [1.29, 1.82) is 0 Å². The van der Waals surface area contributed by atoms with Gasteiger partial charge in [-0.3, -0.25) is 4.79 Å². The number of carboxylic acids is 1. The van der Waals surface area contributed by atoms with Gasteiger partial charge in [-0.2, -0.15) is 0 Å². The Morgan fingerprint density at radius 1 is 1.30 bits per heavy atom. The second kappa shape index (κ2) is 2.19. The number of hydrogen-bond donors (Lipinski definition) is 4. The molecule has 0 aromatic rings. The summed E-state index contributed by atoms with van der Waals surface area (Å²) < 4.78 is 0. The summed E-state index contributed by atoms with van der Waals surface area (Å²) in [5.74, 6) is -2.17. The second-order valence-corrected chi connectivity index (χ2v) is 2.42. The highest BCUT2D eigenvalue weighted by Crippen LogP contribution is 2.26. The van der Waals surface area contributed by atoms with E-state index in [1.165, 1.54) is 0 Å². The molecule has 0 aliphatic heterocycles. The van der Waals surface area contributed by atoms with Crippen LogP contribution in [0.2, 0.25) is 0 Å². The van der Waals surface area contributed by atoms with Crippen LogP contribution in [-0.4, -0.2) is 39.5 Å². The van der Waals surface area contributed by atoms with E-state index in [1.807, 2.05) is 0 Å². The van der Waals surface area contributed by atoms with E-state index in [-0.39, 0.29) is 0 Å². The molecule has 4 atom stereocenters. The van der Waals surface area contributed by atoms with Gasteiger partial charge in [-0.25, -0.2) is 0 Å². The summed E-state index contributed by atoms with van der Waals surface area (Å²) in [7, 11) is 0. The molecule has 0 radical (unpaired) electrons. The van der Waals surface area contributed by atoms with E-state index >= 15 is 0 Å². The number of hydrogen-bond acceptors (Lipinski definition) is 4. The first-order valence-electron chi connectivity index (χ1n) is 2.90. The summed E-state index contributed by atoms with van der Waals surface area (Å²) in [6, 6.07) is -0.826. The van der Waals surface area contributed by atoms with Gasteiger partial charge in [-0.05, 0) is 0 Å². The minimum absolute atomic E-state index is 0.826. The van der Waals surface area contributed by atoms with Crippen LogP contribution in [0.5, 0.6) is 0 Å². The van der Waals surface area contributed by atoms with Crippen LogP contribution in [0.3, 0.4) is 0 Å². The zero-order chi connectivity index (χ0) is 7.89. The number of aliphatic carboxylic acids is 1. The van der Waals surface area contributed by atoms with Crippen molar-refractivity contribution in [3.8, 4) is 0 Å². The summed E-state index contributed by atoms with van der Waals surface area (Å²) in [4.78, 5) is 10.2. The summed E-state index contributed by atoms with van der Waals surface area (Å²) in [5.41, 5.74) is 5.17. The maximum atomic E-state index is 10.2. The third-order valence-electron chi connectivity index (χ3n) is 1.81. The zero-order valence-corrected chi connectivity index (χ0v) is 5.14. The van der Waals surface area contributed by atoms with Gasteiger partial charge in [-0.15, -0.1) is 0 Å². The Bertz CT molecular complexity index is 150. The Balaban J connectivity index is 2.57. The van der Waals surface area contributed by atoms with E-state index in [0.29, 0.717) is 0 Å². The second-order valence-electron chi connectivity index (χ2n) is 2.42. The lowest BCUT2D eigenvalue weighted by Gasteiger charge is -2.41. The van der Waals surface area contributed by atoms with Crippen molar-refractivity contribution in [1.82, 2.24) is 0 Å². The van der Waals surface area contributed by atoms with Gasteiger partial charge in [0, 0.05) is 6.04 Å². The molecular formula is C5H9NO4. The molecule has 10 heavy (non-hydrogen) atoms. The van der Waals surface area contributed by atoms with Crippen LogP contribution >= 0.6 is 0 Å². The van der Waals surface area contributed by atoms with Crippen LogP contribution < -0.4 is 5.73 Å². The van der Waals surface area contributed by atoms with Crippen LogP contribution in [0.15, 0.2) is 0 Å². The normalized spacial score (nSPS) is 46.3. The van der Waals surface area contributed by atoms with Gasteiger partial charge >= 0.3 is 5.97 Å². The molecule has 5 heteroatoms. The smallest absolute Gasteiger partial charge is 0.310 e. The molecule has 1 fully saturated rings. The van der Waals surface area contributed by atoms with Gasteiger partial charge < -0.3 is 21.1 Å². The highest BCUT2D eigenvalue weighted by Gasteiger charge is 2.51. The Kier molecular flexibility index (Phi) is 1.63. The standard InChI is InChI=1S/C5H9NO4/c6-2-1(5(9)10)3(7)4(2)8/h1-4,7-8H,6H2,(H,9,10). The predicted molar refractivity (Wildman–Crippen MR) is 31.1 cm³/mol. The first-order valence-corrected chi connectivity index (χ1v) is 2.90. The summed E-state index contributed by atoms with van der Waals surface area (Å²) in [6.45, 7) is 0. The zero-order valence-electron chi connectivity index (χ0n) is 5.14. The van der Waals surface area contributed by atoms with E-state index in [1.54, 1.807) is 0 Å². The Morgan fingerprint density at radius 2 is 1.80 bits per heavy atom.